The molecule has 1 rings (SSSR count). The lowest BCUT2D eigenvalue weighted by Crippen LogP contribution is -2.15. The van der Waals surface area contributed by atoms with Gasteiger partial charge in [-0.3, -0.25) is 0 Å². The highest BCUT2D eigenvalue weighted by Gasteiger charge is 2.16. The maximum Gasteiger partial charge on any atom is 0.0840 e. The van der Waals surface area contributed by atoms with E-state index in [0.29, 0.717) is 0 Å². The molecule has 72 valence electrons. The van der Waals surface area contributed by atoms with Crippen molar-refractivity contribution >= 4 is 11.8 Å². The predicted octanol–water partition coefficient (Wildman–Crippen LogP) is 2.94. The van der Waals surface area contributed by atoms with E-state index in [1.165, 1.54) is 10.5 Å². The maximum absolute atomic E-state index is 9.77. The summed E-state index contributed by atoms with van der Waals surface area (Å²) in [6.45, 7) is 5.68. The second kappa shape index (κ2) is 3.72. The third-order valence-electron chi connectivity index (χ3n) is 2.10. The number of thioether (sulfide) groups is 1. The highest BCUT2D eigenvalue weighted by Crippen LogP contribution is 2.26. The second-order valence-corrected chi connectivity index (χ2v) is 4.59. The Morgan fingerprint density at radius 3 is 2.31 bits per heavy atom. The quantitative estimate of drug-likeness (QED) is 0.734. The topological polar surface area (TPSA) is 20.2 Å². The van der Waals surface area contributed by atoms with Gasteiger partial charge in [0.05, 0.1) is 5.60 Å². The van der Waals surface area contributed by atoms with E-state index >= 15 is 0 Å². The molecule has 2 heteroatoms. The molecule has 13 heavy (non-hydrogen) atoms. The first kappa shape index (κ1) is 10.6. The van der Waals surface area contributed by atoms with Crippen LogP contribution in [0.2, 0.25) is 0 Å². The predicted molar refractivity (Wildman–Crippen MR) is 58.2 cm³/mol. The van der Waals surface area contributed by atoms with Crippen molar-refractivity contribution in [3.8, 4) is 0 Å². The molecule has 0 unspecified atom stereocenters. The standard InChI is InChI=1S/C11H16OS/c1-8-7-9(11(2,3)12)5-6-10(8)13-4/h5-7,12H,1-4H3. The van der Waals surface area contributed by atoms with E-state index in [1.807, 2.05) is 12.1 Å². The van der Waals surface area contributed by atoms with Crippen molar-refractivity contribution in [3.05, 3.63) is 29.3 Å². The highest BCUT2D eigenvalue weighted by atomic mass is 32.2. The van der Waals surface area contributed by atoms with E-state index in [4.69, 9.17) is 0 Å². The van der Waals surface area contributed by atoms with Crippen LogP contribution in [0.4, 0.5) is 0 Å². The average molecular weight is 196 g/mol. The molecule has 0 saturated heterocycles. The van der Waals surface area contributed by atoms with Crippen molar-refractivity contribution in [2.24, 2.45) is 0 Å². The fourth-order valence-electron chi connectivity index (χ4n) is 1.26. The van der Waals surface area contributed by atoms with Gasteiger partial charge in [0.15, 0.2) is 0 Å². The van der Waals surface area contributed by atoms with Gasteiger partial charge in [-0.15, -0.1) is 11.8 Å². The van der Waals surface area contributed by atoms with Crippen LogP contribution >= 0.6 is 11.8 Å². The minimum absolute atomic E-state index is 0.734. The number of hydrogen-bond acceptors (Lipinski definition) is 2. The first-order chi connectivity index (χ1) is 5.95. The van der Waals surface area contributed by atoms with Gasteiger partial charge < -0.3 is 5.11 Å². The largest absolute Gasteiger partial charge is 0.386 e. The van der Waals surface area contributed by atoms with Crippen LogP contribution in [0, 0.1) is 6.92 Å². The highest BCUT2D eigenvalue weighted by molar-refractivity contribution is 7.98. The number of hydrogen-bond donors (Lipinski definition) is 1. The van der Waals surface area contributed by atoms with Gasteiger partial charge in [0.2, 0.25) is 0 Å². The molecule has 0 aromatic heterocycles. The minimum Gasteiger partial charge on any atom is -0.386 e. The molecule has 0 aliphatic carbocycles. The Morgan fingerprint density at radius 2 is 1.92 bits per heavy atom. The number of aliphatic hydroxyl groups is 1. The monoisotopic (exact) mass is 196 g/mol. The fraction of sp³-hybridized carbons (Fsp3) is 0.455. The Balaban J connectivity index is 3.10. The molecule has 0 radical (unpaired) electrons. The summed E-state index contributed by atoms with van der Waals surface area (Å²) in [5.74, 6) is 0. The molecule has 1 aromatic rings. The zero-order chi connectivity index (χ0) is 10.1. The van der Waals surface area contributed by atoms with Crippen LogP contribution in [0.1, 0.15) is 25.0 Å². The van der Waals surface area contributed by atoms with Gasteiger partial charge >= 0.3 is 0 Å². The van der Waals surface area contributed by atoms with Crippen molar-refractivity contribution in [3.63, 3.8) is 0 Å². The number of aryl methyl sites for hydroxylation is 1. The zero-order valence-corrected chi connectivity index (χ0v) is 9.40. The summed E-state index contributed by atoms with van der Waals surface area (Å²) in [6, 6.07) is 6.10. The molecule has 0 heterocycles. The summed E-state index contributed by atoms with van der Waals surface area (Å²) in [5, 5.41) is 9.77. The van der Waals surface area contributed by atoms with E-state index in [-0.39, 0.29) is 0 Å². The Bertz CT molecular complexity index is 299. The van der Waals surface area contributed by atoms with Gasteiger partial charge in [0.25, 0.3) is 0 Å². The molecule has 0 atom stereocenters. The van der Waals surface area contributed by atoms with Crippen molar-refractivity contribution in [1.29, 1.82) is 0 Å². The number of rotatable bonds is 2. The maximum atomic E-state index is 9.77. The van der Waals surface area contributed by atoms with Gasteiger partial charge in [-0.2, -0.15) is 0 Å². The lowest BCUT2D eigenvalue weighted by molar-refractivity contribution is 0.0785. The fourth-order valence-corrected chi connectivity index (χ4v) is 1.84. The van der Waals surface area contributed by atoms with Gasteiger partial charge in [0.1, 0.15) is 0 Å². The number of benzene rings is 1. The second-order valence-electron chi connectivity index (χ2n) is 3.74. The summed E-state index contributed by atoms with van der Waals surface area (Å²) in [5.41, 5.74) is 1.47. The summed E-state index contributed by atoms with van der Waals surface area (Å²) in [7, 11) is 0. The summed E-state index contributed by atoms with van der Waals surface area (Å²) in [4.78, 5) is 1.27. The Kier molecular flexibility index (Phi) is 3.04. The molecule has 0 fully saturated rings. The normalized spacial score (nSPS) is 11.8. The summed E-state index contributed by atoms with van der Waals surface area (Å²) < 4.78 is 0. The molecule has 0 saturated carbocycles. The Morgan fingerprint density at radius 1 is 1.31 bits per heavy atom. The molecule has 0 aliphatic heterocycles. The van der Waals surface area contributed by atoms with Gasteiger partial charge in [-0.1, -0.05) is 12.1 Å². The first-order valence-corrected chi connectivity index (χ1v) is 5.55. The molecule has 0 amide bonds. The molecule has 1 nitrogen and oxygen atoms in total. The van der Waals surface area contributed by atoms with Crippen LogP contribution in [0.15, 0.2) is 23.1 Å². The van der Waals surface area contributed by atoms with Crippen LogP contribution < -0.4 is 0 Å². The van der Waals surface area contributed by atoms with Crippen molar-refractivity contribution < 1.29 is 5.11 Å². The first-order valence-electron chi connectivity index (χ1n) is 4.32. The van der Waals surface area contributed by atoms with Crippen LogP contribution in [0.5, 0.6) is 0 Å². The van der Waals surface area contributed by atoms with Gasteiger partial charge in [-0.25, -0.2) is 0 Å². The van der Waals surface area contributed by atoms with E-state index < -0.39 is 5.60 Å². The van der Waals surface area contributed by atoms with Crippen LogP contribution in [-0.4, -0.2) is 11.4 Å². The zero-order valence-electron chi connectivity index (χ0n) is 8.59. The molecular weight excluding hydrogens is 180 g/mol. The SMILES string of the molecule is CSc1ccc(C(C)(C)O)cc1C. The van der Waals surface area contributed by atoms with Crippen molar-refractivity contribution in [2.45, 2.75) is 31.3 Å². The average Bonchev–Trinajstić information content (AvgIpc) is 2.02. The lowest BCUT2D eigenvalue weighted by Gasteiger charge is -2.18. The van der Waals surface area contributed by atoms with Crippen LogP contribution in [0.3, 0.4) is 0 Å². The Labute approximate surface area is 84.2 Å². The molecule has 0 aliphatic rings. The summed E-state index contributed by atoms with van der Waals surface area (Å²) in [6.07, 6.45) is 2.06. The van der Waals surface area contributed by atoms with Gasteiger partial charge in [-0.05, 0) is 44.2 Å². The molecular formula is C11H16OS. The Hall–Kier alpha value is -0.470. The van der Waals surface area contributed by atoms with E-state index in [2.05, 4.69) is 19.2 Å². The third-order valence-corrected chi connectivity index (χ3v) is 3.00. The molecule has 1 aromatic carbocycles. The third kappa shape index (κ3) is 2.48. The van der Waals surface area contributed by atoms with E-state index in [9.17, 15) is 5.11 Å². The van der Waals surface area contributed by atoms with Crippen LogP contribution in [-0.2, 0) is 5.60 Å². The molecule has 0 bridgehead atoms. The van der Waals surface area contributed by atoms with E-state index in [0.717, 1.165) is 5.56 Å². The smallest absolute Gasteiger partial charge is 0.0840 e. The van der Waals surface area contributed by atoms with Crippen molar-refractivity contribution in [1.82, 2.24) is 0 Å². The van der Waals surface area contributed by atoms with Crippen LogP contribution in [0.25, 0.3) is 0 Å². The lowest BCUT2D eigenvalue weighted by atomic mass is 9.97. The summed E-state index contributed by atoms with van der Waals surface area (Å²) >= 11 is 1.73. The minimum atomic E-state index is -0.734. The van der Waals surface area contributed by atoms with E-state index in [1.54, 1.807) is 25.6 Å². The molecule has 0 spiro atoms. The van der Waals surface area contributed by atoms with Crippen molar-refractivity contribution in [2.75, 3.05) is 6.26 Å². The molecule has 1 N–H and O–H groups in total. The van der Waals surface area contributed by atoms with Gasteiger partial charge in [0, 0.05) is 4.90 Å².